The molecule has 0 aliphatic rings. The van der Waals surface area contributed by atoms with Crippen molar-refractivity contribution in [2.45, 2.75) is 13.0 Å². The van der Waals surface area contributed by atoms with E-state index in [0.29, 0.717) is 11.6 Å². The molecule has 0 bridgehead atoms. The minimum Gasteiger partial charge on any atom is -0.490 e. The van der Waals surface area contributed by atoms with E-state index in [4.69, 9.17) is 16.3 Å². The standard InChI is InChI=1S/C9H12ClN3O3/c1-5(9(14)16-3)13-8-6(15-2)7(10)11-4-12-8/h4-5H,1-3H3,(H,11,12,13). The van der Waals surface area contributed by atoms with Gasteiger partial charge in [0.05, 0.1) is 14.2 Å². The van der Waals surface area contributed by atoms with Gasteiger partial charge in [-0.1, -0.05) is 11.6 Å². The zero-order valence-electron chi connectivity index (χ0n) is 9.15. The highest BCUT2D eigenvalue weighted by molar-refractivity contribution is 6.31. The van der Waals surface area contributed by atoms with Gasteiger partial charge < -0.3 is 14.8 Å². The van der Waals surface area contributed by atoms with E-state index in [1.54, 1.807) is 6.92 Å². The summed E-state index contributed by atoms with van der Waals surface area (Å²) in [6, 6.07) is -0.551. The van der Waals surface area contributed by atoms with Crippen molar-refractivity contribution in [3.05, 3.63) is 11.5 Å². The van der Waals surface area contributed by atoms with Gasteiger partial charge in [0.15, 0.2) is 16.7 Å². The van der Waals surface area contributed by atoms with Crippen molar-refractivity contribution in [1.29, 1.82) is 0 Å². The molecule has 0 radical (unpaired) electrons. The number of rotatable bonds is 4. The summed E-state index contributed by atoms with van der Waals surface area (Å²) < 4.78 is 9.59. The van der Waals surface area contributed by atoms with Crippen LogP contribution in [-0.2, 0) is 9.53 Å². The number of ether oxygens (including phenoxy) is 2. The Balaban J connectivity index is 2.88. The number of aromatic nitrogens is 2. The summed E-state index contributed by atoms with van der Waals surface area (Å²) >= 11 is 5.79. The van der Waals surface area contributed by atoms with Crippen LogP contribution in [0.3, 0.4) is 0 Å². The molecule has 0 amide bonds. The topological polar surface area (TPSA) is 73.3 Å². The van der Waals surface area contributed by atoms with Gasteiger partial charge in [-0.05, 0) is 6.92 Å². The first-order valence-corrected chi connectivity index (χ1v) is 4.86. The maximum absolute atomic E-state index is 11.2. The van der Waals surface area contributed by atoms with Gasteiger partial charge >= 0.3 is 5.97 Å². The van der Waals surface area contributed by atoms with Gasteiger partial charge in [-0.3, -0.25) is 0 Å². The van der Waals surface area contributed by atoms with E-state index >= 15 is 0 Å². The van der Waals surface area contributed by atoms with E-state index in [9.17, 15) is 4.79 Å². The lowest BCUT2D eigenvalue weighted by Gasteiger charge is -2.14. The lowest BCUT2D eigenvalue weighted by atomic mass is 10.3. The summed E-state index contributed by atoms with van der Waals surface area (Å²) in [5, 5.41) is 3.00. The largest absolute Gasteiger partial charge is 0.490 e. The number of nitrogens with one attached hydrogen (secondary N) is 1. The van der Waals surface area contributed by atoms with Crippen LogP contribution >= 0.6 is 11.6 Å². The third-order valence-corrected chi connectivity index (χ3v) is 2.14. The van der Waals surface area contributed by atoms with Crippen LogP contribution < -0.4 is 10.1 Å². The molecule has 1 N–H and O–H groups in total. The Kier molecular flexibility index (Phi) is 4.30. The Morgan fingerprint density at radius 2 is 2.19 bits per heavy atom. The predicted molar refractivity (Wildman–Crippen MR) is 58.7 cm³/mol. The molecule has 1 aromatic rings. The molecule has 1 heterocycles. The minimum atomic E-state index is -0.551. The maximum atomic E-state index is 11.2. The SMILES string of the molecule is COC(=O)C(C)Nc1ncnc(Cl)c1OC. The molecule has 6 nitrogen and oxygen atoms in total. The summed E-state index contributed by atoms with van der Waals surface area (Å²) in [5.74, 6) is 0.233. The molecule has 0 aromatic carbocycles. The van der Waals surface area contributed by atoms with Crippen molar-refractivity contribution < 1.29 is 14.3 Å². The van der Waals surface area contributed by atoms with Crippen molar-refractivity contribution in [2.75, 3.05) is 19.5 Å². The number of nitrogens with zero attached hydrogens (tertiary/aromatic N) is 2. The average Bonchev–Trinajstić information content (AvgIpc) is 2.28. The highest BCUT2D eigenvalue weighted by Crippen LogP contribution is 2.28. The van der Waals surface area contributed by atoms with Crippen LogP contribution in [0.2, 0.25) is 5.15 Å². The molecule has 0 saturated heterocycles. The van der Waals surface area contributed by atoms with Gasteiger partial charge in [0.25, 0.3) is 0 Å². The number of anilines is 1. The summed E-state index contributed by atoms with van der Waals surface area (Å²) in [6.45, 7) is 1.64. The molecule has 1 atom stereocenters. The molecule has 16 heavy (non-hydrogen) atoms. The Bertz CT molecular complexity index is 386. The third-order valence-electron chi connectivity index (χ3n) is 1.87. The zero-order valence-corrected chi connectivity index (χ0v) is 9.91. The summed E-state index contributed by atoms with van der Waals surface area (Å²) in [4.78, 5) is 18.9. The number of methoxy groups -OCH3 is 2. The minimum absolute atomic E-state index is 0.178. The van der Waals surface area contributed by atoms with Crippen molar-refractivity contribution in [1.82, 2.24) is 9.97 Å². The van der Waals surface area contributed by atoms with Gasteiger partial charge in [-0.25, -0.2) is 14.8 Å². The molecule has 0 aliphatic heterocycles. The average molecular weight is 246 g/mol. The first kappa shape index (κ1) is 12.5. The van der Waals surface area contributed by atoms with Crippen LogP contribution in [0.5, 0.6) is 5.75 Å². The summed E-state index contributed by atoms with van der Waals surface area (Å²) in [6.07, 6.45) is 1.27. The number of halogens is 1. The van der Waals surface area contributed by atoms with Gasteiger partial charge in [-0.15, -0.1) is 0 Å². The molecule has 1 aromatic heterocycles. The van der Waals surface area contributed by atoms with Crippen LogP contribution in [0.15, 0.2) is 6.33 Å². The third kappa shape index (κ3) is 2.73. The fourth-order valence-corrected chi connectivity index (χ4v) is 1.29. The van der Waals surface area contributed by atoms with E-state index < -0.39 is 12.0 Å². The van der Waals surface area contributed by atoms with Gasteiger partial charge in [0.1, 0.15) is 12.4 Å². The van der Waals surface area contributed by atoms with Crippen LogP contribution in [0, 0.1) is 0 Å². The number of carbonyl (C=O) groups excluding carboxylic acids is 1. The van der Waals surface area contributed by atoms with Crippen molar-refractivity contribution in [3.8, 4) is 5.75 Å². The van der Waals surface area contributed by atoms with Crippen LogP contribution in [0.25, 0.3) is 0 Å². The molecule has 1 unspecified atom stereocenters. The second-order valence-electron chi connectivity index (χ2n) is 2.94. The zero-order chi connectivity index (χ0) is 12.1. The fourth-order valence-electron chi connectivity index (χ4n) is 1.08. The smallest absolute Gasteiger partial charge is 0.328 e. The lowest BCUT2D eigenvalue weighted by molar-refractivity contribution is -0.141. The quantitative estimate of drug-likeness (QED) is 0.633. The number of esters is 1. The first-order valence-electron chi connectivity index (χ1n) is 4.49. The molecule has 1 rings (SSSR count). The monoisotopic (exact) mass is 245 g/mol. The molecule has 0 aliphatic carbocycles. The highest BCUT2D eigenvalue weighted by atomic mass is 35.5. The summed E-state index contributed by atoms with van der Waals surface area (Å²) in [7, 11) is 2.75. The summed E-state index contributed by atoms with van der Waals surface area (Å²) in [5.41, 5.74) is 0. The molecule has 0 saturated carbocycles. The second-order valence-corrected chi connectivity index (χ2v) is 3.29. The Hall–Kier alpha value is -1.56. The van der Waals surface area contributed by atoms with E-state index in [1.807, 2.05) is 0 Å². The molecule has 7 heteroatoms. The fraction of sp³-hybridized carbons (Fsp3) is 0.444. The number of hydrogen-bond donors (Lipinski definition) is 1. The van der Waals surface area contributed by atoms with Crippen LogP contribution in [-0.4, -0.2) is 36.2 Å². The predicted octanol–water partition coefficient (Wildman–Crippen LogP) is 1.11. The first-order chi connectivity index (χ1) is 7.60. The normalized spacial score (nSPS) is 11.8. The molecular weight excluding hydrogens is 234 g/mol. The van der Waals surface area contributed by atoms with Crippen molar-refractivity contribution in [2.24, 2.45) is 0 Å². The maximum Gasteiger partial charge on any atom is 0.328 e. The lowest BCUT2D eigenvalue weighted by Crippen LogP contribution is -2.27. The highest BCUT2D eigenvalue weighted by Gasteiger charge is 2.17. The van der Waals surface area contributed by atoms with Gasteiger partial charge in [0, 0.05) is 0 Å². The Morgan fingerprint density at radius 3 is 2.75 bits per heavy atom. The number of carbonyl (C=O) groups is 1. The van der Waals surface area contributed by atoms with E-state index in [0.717, 1.165) is 0 Å². The van der Waals surface area contributed by atoms with Crippen LogP contribution in [0.4, 0.5) is 5.82 Å². The van der Waals surface area contributed by atoms with Gasteiger partial charge in [0.2, 0.25) is 0 Å². The van der Waals surface area contributed by atoms with E-state index in [-0.39, 0.29) is 5.15 Å². The van der Waals surface area contributed by atoms with Gasteiger partial charge in [-0.2, -0.15) is 0 Å². The Morgan fingerprint density at radius 1 is 1.50 bits per heavy atom. The van der Waals surface area contributed by atoms with E-state index in [2.05, 4.69) is 20.0 Å². The molecule has 88 valence electrons. The van der Waals surface area contributed by atoms with Crippen molar-refractivity contribution >= 4 is 23.4 Å². The van der Waals surface area contributed by atoms with Crippen molar-refractivity contribution in [3.63, 3.8) is 0 Å². The van der Waals surface area contributed by atoms with E-state index in [1.165, 1.54) is 20.5 Å². The molecular formula is C9H12ClN3O3. The molecule has 0 fully saturated rings. The Labute approximate surface area is 97.9 Å². The number of hydrogen-bond acceptors (Lipinski definition) is 6. The molecule has 0 spiro atoms. The second kappa shape index (κ2) is 5.50. The van der Waals surface area contributed by atoms with Crippen LogP contribution in [0.1, 0.15) is 6.92 Å².